The third-order valence-electron chi connectivity index (χ3n) is 1.96. The first-order valence-electron chi connectivity index (χ1n) is 3.83. The molecule has 12 heavy (non-hydrogen) atoms. The van der Waals surface area contributed by atoms with Gasteiger partial charge in [0.05, 0.1) is 6.61 Å². The molecule has 64 valence electrons. The van der Waals surface area contributed by atoms with E-state index < -0.39 is 0 Å². The number of halogens is 1. The average Bonchev–Trinajstić information content (AvgIpc) is 2.85. The van der Waals surface area contributed by atoms with Crippen molar-refractivity contribution in [3.63, 3.8) is 0 Å². The molecule has 1 N–H and O–H groups in total. The minimum absolute atomic E-state index is 0.0298. The van der Waals surface area contributed by atoms with Crippen molar-refractivity contribution in [2.45, 2.75) is 12.2 Å². The van der Waals surface area contributed by atoms with Crippen LogP contribution in [0.2, 0.25) is 0 Å². The first kappa shape index (κ1) is 7.71. The number of rotatable bonds is 2. The van der Waals surface area contributed by atoms with Crippen molar-refractivity contribution in [1.29, 1.82) is 0 Å². The molecule has 0 amide bonds. The van der Waals surface area contributed by atoms with E-state index in [4.69, 9.17) is 9.84 Å². The summed E-state index contributed by atoms with van der Waals surface area (Å²) in [5.74, 6) is -0.250. The van der Waals surface area contributed by atoms with Crippen molar-refractivity contribution in [3.05, 3.63) is 35.6 Å². The van der Waals surface area contributed by atoms with Gasteiger partial charge in [0.1, 0.15) is 18.0 Å². The Hall–Kier alpha value is -0.930. The molecule has 2 rings (SSSR count). The molecule has 2 nitrogen and oxygen atoms in total. The van der Waals surface area contributed by atoms with Crippen LogP contribution in [0.3, 0.4) is 0 Å². The van der Waals surface area contributed by atoms with Crippen LogP contribution in [0.15, 0.2) is 24.3 Å². The maximum Gasteiger partial charge on any atom is 0.123 e. The SMILES string of the molecule is OCC1OC1c1ccc(F)cc1. The van der Waals surface area contributed by atoms with E-state index >= 15 is 0 Å². The summed E-state index contributed by atoms with van der Waals surface area (Å²) in [6.45, 7) is 0.0298. The van der Waals surface area contributed by atoms with Gasteiger partial charge in [-0.2, -0.15) is 0 Å². The molecule has 1 fully saturated rings. The van der Waals surface area contributed by atoms with Crippen molar-refractivity contribution < 1.29 is 14.2 Å². The topological polar surface area (TPSA) is 32.8 Å². The van der Waals surface area contributed by atoms with Gasteiger partial charge in [0.25, 0.3) is 0 Å². The van der Waals surface area contributed by atoms with E-state index in [-0.39, 0.29) is 24.6 Å². The van der Waals surface area contributed by atoms with Crippen LogP contribution in [0.4, 0.5) is 4.39 Å². The van der Waals surface area contributed by atoms with Crippen molar-refractivity contribution >= 4 is 0 Å². The molecule has 2 atom stereocenters. The standard InChI is InChI=1S/C9H9FO2/c10-7-3-1-6(2-4-7)9-8(5-11)12-9/h1-4,8-9,11H,5H2. The number of epoxide rings is 1. The van der Waals surface area contributed by atoms with Crippen LogP contribution in [0, 0.1) is 5.82 Å². The quantitative estimate of drug-likeness (QED) is 0.674. The lowest BCUT2D eigenvalue weighted by molar-refractivity contribution is 0.242. The fraction of sp³-hybridized carbons (Fsp3) is 0.333. The number of ether oxygens (including phenoxy) is 1. The van der Waals surface area contributed by atoms with Crippen LogP contribution >= 0.6 is 0 Å². The first-order chi connectivity index (χ1) is 5.81. The maximum atomic E-state index is 12.5. The van der Waals surface area contributed by atoms with Gasteiger partial charge in [-0.25, -0.2) is 4.39 Å². The molecule has 3 heteroatoms. The molecule has 1 aliphatic heterocycles. The highest BCUT2D eigenvalue weighted by Gasteiger charge is 2.39. The molecular weight excluding hydrogens is 159 g/mol. The summed E-state index contributed by atoms with van der Waals surface area (Å²) >= 11 is 0. The van der Waals surface area contributed by atoms with Crippen molar-refractivity contribution in [2.75, 3.05) is 6.61 Å². The summed E-state index contributed by atoms with van der Waals surface area (Å²) in [5.41, 5.74) is 0.926. The fourth-order valence-corrected chi connectivity index (χ4v) is 1.23. The highest BCUT2D eigenvalue weighted by Crippen LogP contribution is 2.37. The van der Waals surface area contributed by atoms with E-state index in [1.807, 2.05) is 0 Å². The molecule has 0 saturated carbocycles. The smallest absolute Gasteiger partial charge is 0.123 e. The van der Waals surface area contributed by atoms with Gasteiger partial charge in [0, 0.05) is 0 Å². The van der Waals surface area contributed by atoms with Gasteiger partial charge >= 0.3 is 0 Å². The molecule has 0 spiro atoms. The summed E-state index contributed by atoms with van der Waals surface area (Å²) < 4.78 is 17.6. The summed E-state index contributed by atoms with van der Waals surface area (Å²) in [4.78, 5) is 0. The van der Waals surface area contributed by atoms with Crippen LogP contribution in [0.5, 0.6) is 0 Å². The van der Waals surface area contributed by atoms with Crippen molar-refractivity contribution in [1.82, 2.24) is 0 Å². The van der Waals surface area contributed by atoms with Crippen LogP contribution in [-0.4, -0.2) is 17.8 Å². The Bertz CT molecular complexity index is 270. The van der Waals surface area contributed by atoms with E-state index in [9.17, 15) is 4.39 Å². The van der Waals surface area contributed by atoms with Gasteiger partial charge in [-0.3, -0.25) is 0 Å². The Morgan fingerprint density at radius 1 is 1.33 bits per heavy atom. The molecule has 1 aliphatic rings. The summed E-state index contributed by atoms with van der Waals surface area (Å²) in [6, 6.07) is 6.14. The zero-order chi connectivity index (χ0) is 8.55. The highest BCUT2D eigenvalue weighted by molar-refractivity contribution is 5.22. The van der Waals surface area contributed by atoms with Gasteiger partial charge in [0.15, 0.2) is 0 Å². The summed E-state index contributed by atoms with van der Waals surface area (Å²) in [5, 5.41) is 8.69. The van der Waals surface area contributed by atoms with Gasteiger partial charge in [-0.05, 0) is 17.7 Å². The monoisotopic (exact) mass is 168 g/mol. The van der Waals surface area contributed by atoms with E-state index in [0.717, 1.165) is 5.56 Å². The molecule has 1 aromatic carbocycles. The van der Waals surface area contributed by atoms with Gasteiger partial charge in [-0.1, -0.05) is 12.1 Å². The second-order valence-electron chi connectivity index (χ2n) is 2.83. The molecule has 1 heterocycles. The molecular formula is C9H9FO2. The molecule has 0 aromatic heterocycles. The number of aliphatic hydroxyl groups excluding tert-OH is 1. The third-order valence-corrected chi connectivity index (χ3v) is 1.96. The predicted molar refractivity (Wildman–Crippen MR) is 41.1 cm³/mol. The molecule has 1 aromatic rings. The Kier molecular flexibility index (Phi) is 1.83. The lowest BCUT2D eigenvalue weighted by Crippen LogP contribution is -1.94. The minimum atomic E-state index is -0.250. The zero-order valence-electron chi connectivity index (χ0n) is 6.40. The number of hydrogen-bond donors (Lipinski definition) is 1. The highest BCUT2D eigenvalue weighted by atomic mass is 19.1. The number of benzene rings is 1. The molecule has 1 saturated heterocycles. The van der Waals surface area contributed by atoms with E-state index in [1.165, 1.54) is 12.1 Å². The number of hydrogen-bond acceptors (Lipinski definition) is 2. The summed E-state index contributed by atoms with van der Waals surface area (Å²) in [7, 11) is 0. The molecule has 0 aliphatic carbocycles. The second-order valence-corrected chi connectivity index (χ2v) is 2.83. The van der Waals surface area contributed by atoms with Crippen molar-refractivity contribution in [2.24, 2.45) is 0 Å². The van der Waals surface area contributed by atoms with E-state index in [2.05, 4.69) is 0 Å². The molecule has 0 radical (unpaired) electrons. The summed E-state index contributed by atoms with van der Waals surface area (Å²) in [6.07, 6.45) is -0.119. The minimum Gasteiger partial charge on any atom is -0.394 e. The fourth-order valence-electron chi connectivity index (χ4n) is 1.23. The van der Waals surface area contributed by atoms with Gasteiger partial charge in [0.2, 0.25) is 0 Å². The van der Waals surface area contributed by atoms with Gasteiger partial charge < -0.3 is 9.84 Å². The second kappa shape index (κ2) is 2.84. The average molecular weight is 168 g/mol. The molecule has 0 bridgehead atoms. The van der Waals surface area contributed by atoms with Crippen LogP contribution in [0.25, 0.3) is 0 Å². The van der Waals surface area contributed by atoms with E-state index in [1.54, 1.807) is 12.1 Å². The Balaban J connectivity index is 2.10. The van der Waals surface area contributed by atoms with Crippen LogP contribution in [-0.2, 0) is 4.74 Å². The lowest BCUT2D eigenvalue weighted by Gasteiger charge is -1.93. The van der Waals surface area contributed by atoms with Crippen molar-refractivity contribution in [3.8, 4) is 0 Å². The zero-order valence-corrected chi connectivity index (χ0v) is 6.40. The predicted octanol–water partition coefficient (Wildman–Crippen LogP) is 1.26. The Morgan fingerprint density at radius 3 is 2.50 bits per heavy atom. The molecule has 2 unspecified atom stereocenters. The normalized spacial score (nSPS) is 27.2. The van der Waals surface area contributed by atoms with Crippen LogP contribution < -0.4 is 0 Å². The Labute approximate surface area is 69.6 Å². The maximum absolute atomic E-state index is 12.5. The number of aliphatic hydroxyl groups is 1. The first-order valence-corrected chi connectivity index (χ1v) is 3.83. The third kappa shape index (κ3) is 1.33. The van der Waals surface area contributed by atoms with E-state index in [0.29, 0.717) is 0 Å². The van der Waals surface area contributed by atoms with Crippen LogP contribution in [0.1, 0.15) is 11.7 Å². The lowest BCUT2D eigenvalue weighted by atomic mass is 10.1. The largest absolute Gasteiger partial charge is 0.394 e. The van der Waals surface area contributed by atoms with Gasteiger partial charge in [-0.15, -0.1) is 0 Å². The Morgan fingerprint density at radius 2 is 2.00 bits per heavy atom.